The number of carbonyl (C=O) groups is 1. The average molecular weight is 463 g/mol. The van der Waals surface area contributed by atoms with Gasteiger partial charge in [-0.1, -0.05) is 96.8 Å². The smallest absolute Gasteiger partial charge is 0.303 e. The Labute approximate surface area is 151 Å². The summed E-state index contributed by atoms with van der Waals surface area (Å²) in [5.41, 5.74) is 0. The van der Waals surface area contributed by atoms with Gasteiger partial charge in [-0.25, -0.2) is 0 Å². The van der Waals surface area contributed by atoms with E-state index in [-0.39, 0.29) is 25.8 Å². The van der Waals surface area contributed by atoms with Crippen molar-refractivity contribution in [2.75, 3.05) is 0 Å². The largest absolute Gasteiger partial charge is 0.481 e. The maximum absolute atomic E-state index is 10.3. The van der Waals surface area contributed by atoms with Crippen LogP contribution in [0, 0.1) is 0 Å². The Kier molecular flexibility index (Phi) is 22.9. The minimum atomic E-state index is -0.653. The molecule has 0 aromatic rings. The molecule has 0 rings (SSSR count). The fourth-order valence-electron chi connectivity index (χ4n) is 2.65. The minimum Gasteiger partial charge on any atom is -0.481 e. The summed E-state index contributed by atoms with van der Waals surface area (Å²) in [5, 5.41) is 8.52. The van der Waals surface area contributed by atoms with E-state index in [0.717, 1.165) is 12.8 Å². The summed E-state index contributed by atoms with van der Waals surface area (Å²) in [7, 11) is 0. The van der Waals surface area contributed by atoms with E-state index in [1.165, 1.54) is 83.5 Å². The van der Waals surface area contributed by atoms with Crippen LogP contribution in [0.2, 0.25) is 0 Å². The molecule has 3 heteroatoms. The molecule has 0 atom stereocenters. The molecule has 0 unspecified atom stereocenters. The van der Waals surface area contributed by atoms with Crippen molar-refractivity contribution in [1.82, 2.24) is 0 Å². The SMILES string of the molecule is CCCCCCCCCCCCCCCCCC(=O)O.[Hf]. The average Bonchev–Trinajstić information content (AvgIpc) is 2.43. The molecule has 0 saturated carbocycles. The summed E-state index contributed by atoms with van der Waals surface area (Å²) in [4.78, 5) is 10.3. The van der Waals surface area contributed by atoms with Gasteiger partial charge in [-0.15, -0.1) is 0 Å². The maximum atomic E-state index is 10.3. The van der Waals surface area contributed by atoms with Crippen LogP contribution in [0.25, 0.3) is 0 Å². The second kappa shape index (κ2) is 20.3. The van der Waals surface area contributed by atoms with Crippen molar-refractivity contribution in [3.8, 4) is 0 Å². The summed E-state index contributed by atoms with van der Waals surface area (Å²) < 4.78 is 0. The van der Waals surface area contributed by atoms with Crippen LogP contribution >= 0.6 is 0 Å². The Bertz CT molecular complexity index is 207. The fraction of sp³-hybridized carbons (Fsp3) is 0.944. The fourth-order valence-corrected chi connectivity index (χ4v) is 2.65. The van der Waals surface area contributed by atoms with Crippen molar-refractivity contribution in [2.45, 2.75) is 110 Å². The van der Waals surface area contributed by atoms with Crippen LogP contribution in [0.1, 0.15) is 110 Å². The molecule has 0 amide bonds. The molecule has 0 bridgehead atoms. The van der Waals surface area contributed by atoms with Crippen LogP contribution in [0.15, 0.2) is 0 Å². The number of carboxylic acid groups (broad SMARTS) is 1. The number of hydrogen-bond acceptors (Lipinski definition) is 1. The third-order valence-electron chi connectivity index (χ3n) is 3.99. The molecular weight excluding hydrogens is 427 g/mol. The van der Waals surface area contributed by atoms with Gasteiger partial charge < -0.3 is 5.11 Å². The predicted molar refractivity (Wildman–Crippen MR) is 87.2 cm³/mol. The predicted octanol–water partition coefficient (Wildman–Crippen LogP) is 6.33. The van der Waals surface area contributed by atoms with Crippen molar-refractivity contribution in [1.29, 1.82) is 0 Å². The van der Waals surface area contributed by atoms with Gasteiger partial charge in [-0.3, -0.25) is 4.79 Å². The van der Waals surface area contributed by atoms with Crippen LogP contribution < -0.4 is 0 Å². The first-order chi connectivity index (χ1) is 9.77. The molecule has 0 saturated heterocycles. The van der Waals surface area contributed by atoms with E-state index in [1.807, 2.05) is 0 Å². The third-order valence-corrected chi connectivity index (χ3v) is 3.99. The van der Waals surface area contributed by atoms with Gasteiger partial charge in [0, 0.05) is 32.3 Å². The van der Waals surface area contributed by atoms with Crippen LogP contribution in [0.3, 0.4) is 0 Å². The normalized spacial score (nSPS) is 10.3. The Morgan fingerprint density at radius 1 is 0.619 bits per heavy atom. The van der Waals surface area contributed by atoms with Crippen molar-refractivity contribution in [2.24, 2.45) is 0 Å². The second-order valence-corrected chi connectivity index (χ2v) is 6.09. The van der Waals surface area contributed by atoms with Crippen molar-refractivity contribution in [3.05, 3.63) is 0 Å². The molecule has 0 aliphatic rings. The van der Waals surface area contributed by atoms with Crippen LogP contribution in [0.5, 0.6) is 0 Å². The zero-order valence-corrected chi connectivity index (χ0v) is 17.8. The Balaban J connectivity index is 0. The molecule has 0 heterocycles. The molecule has 0 aliphatic carbocycles. The number of hydrogen-bond donors (Lipinski definition) is 1. The van der Waals surface area contributed by atoms with Crippen molar-refractivity contribution < 1.29 is 35.7 Å². The minimum absolute atomic E-state index is 0. The molecule has 0 aliphatic heterocycles. The van der Waals surface area contributed by atoms with Crippen LogP contribution in [0.4, 0.5) is 0 Å². The molecule has 21 heavy (non-hydrogen) atoms. The molecule has 0 spiro atoms. The van der Waals surface area contributed by atoms with E-state index >= 15 is 0 Å². The first-order valence-corrected chi connectivity index (χ1v) is 8.99. The van der Waals surface area contributed by atoms with Gasteiger partial charge in [-0.05, 0) is 6.42 Å². The zero-order chi connectivity index (χ0) is 14.9. The van der Waals surface area contributed by atoms with E-state index in [2.05, 4.69) is 6.92 Å². The molecule has 0 fully saturated rings. The number of carboxylic acids is 1. The first kappa shape index (κ1) is 23.6. The molecule has 124 valence electrons. The first-order valence-electron chi connectivity index (χ1n) is 8.99. The summed E-state index contributed by atoms with van der Waals surface area (Å²) in [6.07, 6.45) is 20.2. The summed E-state index contributed by atoms with van der Waals surface area (Å²) in [5.74, 6) is -0.653. The van der Waals surface area contributed by atoms with E-state index in [4.69, 9.17) is 5.11 Å². The Morgan fingerprint density at radius 3 is 1.19 bits per heavy atom. The second-order valence-electron chi connectivity index (χ2n) is 6.09. The van der Waals surface area contributed by atoms with Gasteiger partial charge >= 0.3 is 5.97 Å². The Morgan fingerprint density at radius 2 is 0.905 bits per heavy atom. The molecule has 0 radical (unpaired) electrons. The number of unbranched alkanes of at least 4 members (excludes halogenated alkanes) is 14. The molecular formula is C18H36HfO2. The third kappa shape index (κ3) is 22.8. The molecule has 0 aromatic heterocycles. The molecule has 2 nitrogen and oxygen atoms in total. The summed E-state index contributed by atoms with van der Waals surface area (Å²) in [6, 6.07) is 0. The summed E-state index contributed by atoms with van der Waals surface area (Å²) >= 11 is 0. The number of aliphatic carboxylic acids is 1. The molecule has 0 aromatic carbocycles. The topological polar surface area (TPSA) is 37.3 Å². The van der Waals surface area contributed by atoms with Crippen molar-refractivity contribution >= 4 is 5.97 Å². The van der Waals surface area contributed by atoms with E-state index in [9.17, 15) is 4.79 Å². The standard InChI is InChI=1S/C18H36O2.Hf/c1-2-3-4-5-6-7-8-9-10-11-12-13-14-15-16-17-18(19)20;/h2-17H2,1H3,(H,19,20);. The maximum Gasteiger partial charge on any atom is 0.303 e. The van der Waals surface area contributed by atoms with Gasteiger partial charge in [0.2, 0.25) is 0 Å². The van der Waals surface area contributed by atoms with Crippen LogP contribution in [-0.4, -0.2) is 11.1 Å². The Hall–Kier alpha value is 0.340. The van der Waals surface area contributed by atoms with Gasteiger partial charge in [0.1, 0.15) is 0 Å². The molecule has 1 N–H and O–H groups in total. The van der Waals surface area contributed by atoms with Gasteiger partial charge in [0.25, 0.3) is 0 Å². The van der Waals surface area contributed by atoms with E-state index < -0.39 is 5.97 Å². The van der Waals surface area contributed by atoms with Crippen molar-refractivity contribution in [3.63, 3.8) is 0 Å². The van der Waals surface area contributed by atoms with Crippen LogP contribution in [-0.2, 0) is 30.6 Å². The van der Waals surface area contributed by atoms with E-state index in [0.29, 0.717) is 6.42 Å². The van der Waals surface area contributed by atoms with Gasteiger partial charge in [0.05, 0.1) is 0 Å². The summed E-state index contributed by atoms with van der Waals surface area (Å²) in [6.45, 7) is 2.27. The van der Waals surface area contributed by atoms with Gasteiger partial charge in [-0.2, -0.15) is 0 Å². The monoisotopic (exact) mass is 464 g/mol. The number of rotatable bonds is 16. The van der Waals surface area contributed by atoms with E-state index in [1.54, 1.807) is 0 Å². The zero-order valence-electron chi connectivity index (χ0n) is 14.2. The quantitative estimate of drug-likeness (QED) is 0.215. The van der Waals surface area contributed by atoms with Gasteiger partial charge in [0.15, 0.2) is 0 Å².